The van der Waals surface area contributed by atoms with Gasteiger partial charge in [-0.3, -0.25) is 0 Å². The van der Waals surface area contributed by atoms with Crippen molar-refractivity contribution in [2.24, 2.45) is 23.2 Å². The van der Waals surface area contributed by atoms with Crippen LogP contribution >= 0.6 is 0 Å². The molecule has 0 spiro atoms. The number of aliphatic hydroxyl groups excluding tert-OH is 1. The van der Waals surface area contributed by atoms with Crippen LogP contribution in [0.5, 0.6) is 0 Å². The maximum Gasteiger partial charge on any atom is 0.0679 e. The SMILES string of the molecule is CC1CCC(C(C)C)C(OC2CC(O)C2(C)C)C1. The third kappa shape index (κ3) is 2.60. The third-order valence-electron chi connectivity index (χ3n) is 5.43. The molecule has 0 aliphatic heterocycles. The van der Waals surface area contributed by atoms with Crippen molar-refractivity contribution in [3.05, 3.63) is 0 Å². The topological polar surface area (TPSA) is 29.5 Å². The molecular weight excluding hydrogens is 224 g/mol. The molecule has 2 aliphatic carbocycles. The molecule has 2 saturated carbocycles. The molecule has 2 nitrogen and oxygen atoms in total. The fourth-order valence-corrected chi connectivity index (χ4v) is 3.58. The Kier molecular flexibility index (Phi) is 4.08. The van der Waals surface area contributed by atoms with Crippen LogP contribution in [0.2, 0.25) is 0 Å². The molecule has 2 aliphatic rings. The summed E-state index contributed by atoms with van der Waals surface area (Å²) in [6.45, 7) is 11.2. The van der Waals surface area contributed by atoms with Crippen molar-refractivity contribution in [2.75, 3.05) is 0 Å². The fourth-order valence-electron chi connectivity index (χ4n) is 3.58. The van der Waals surface area contributed by atoms with Crippen molar-refractivity contribution in [3.8, 4) is 0 Å². The minimum Gasteiger partial charge on any atom is -0.392 e. The molecule has 1 N–H and O–H groups in total. The summed E-state index contributed by atoms with van der Waals surface area (Å²) in [5.74, 6) is 2.20. The first-order valence-corrected chi connectivity index (χ1v) is 7.66. The predicted octanol–water partition coefficient (Wildman–Crippen LogP) is 3.62. The number of rotatable bonds is 3. The van der Waals surface area contributed by atoms with Crippen LogP contribution < -0.4 is 0 Å². The number of hydrogen-bond acceptors (Lipinski definition) is 2. The highest BCUT2D eigenvalue weighted by Crippen LogP contribution is 2.46. The van der Waals surface area contributed by atoms with E-state index in [4.69, 9.17) is 4.74 Å². The van der Waals surface area contributed by atoms with Gasteiger partial charge in [0, 0.05) is 11.8 Å². The minimum atomic E-state index is -0.180. The highest BCUT2D eigenvalue weighted by atomic mass is 16.5. The highest BCUT2D eigenvalue weighted by Gasteiger charge is 2.50. The zero-order valence-electron chi connectivity index (χ0n) is 12.6. The molecule has 0 aromatic carbocycles. The second-order valence-electron chi connectivity index (χ2n) is 7.56. The van der Waals surface area contributed by atoms with Gasteiger partial charge < -0.3 is 9.84 Å². The number of hydrogen-bond donors (Lipinski definition) is 1. The van der Waals surface area contributed by atoms with Crippen LogP contribution in [0.25, 0.3) is 0 Å². The molecule has 5 atom stereocenters. The Balaban J connectivity index is 1.97. The number of aliphatic hydroxyl groups is 1. The molecule has 0 bridgehead atoms. The van der Waals surface area contributed by atoms with E-state index in [1.165, 1.54) is 19.3 Å². The van der Waals surface area contributed by atoms with Crippen molar-refractivity contribution in [3.63, 3.8) is 0 Å². The first kappa shape index (κ1) is 14.3. The summed E-state index contributed by atoms with van der Waals surface area (Å²) in [4.78, 5) is 0. The van der Waals surface area contributed by atoms with Gasteiger partial charge in [0.25, 0.3) is 0 Å². The van der Waals surface area contributed by atoms with E-state index in [9.17, 15) is 5.11 Å². The van der Waals surface area contributed by atoms with Gasteiger partial charge in [-0.15, -0.1) is 0 Å². The van der Waals surface area contributed by atoms with Crippen LogP contribution in [-0.4, -0.2) is 23.4 Å². The second kappa shape index (κ2) is 5.13. The Bertz CT molecular complexity index is 285. The molecule has 0 amide bonds. The molecule has 5 unspecified atom stereocenters. The maximum atomic E-state index is 9.82. The summed E-state index contributed by atoms with van der Waals surface area (Å²) in [5.41, 5.74) is -0.0534. The monoisotopic (exact) mass is 254 g/mol. The van der Waals surface area contributed by atoms with Crippen LogP contribution in [0.3, 0.4) is 0 Å². The van der Waals surface area contributed by atoms with Gasteiger partial charge in [0.05, 0.1) is 18.3 Å². The van der Waals surface area contributed by atoms with Crippen molar-refractivity contribution in [1.29, 1.82) is 0 Å². The van der Waals surface area contributed by atoms with Gasteiger partial charge in [0.15, 0.2) is 0 Å². The van der Waals surface area contributed by atoms with Crippen molar-refractivity contribution in [1.82, 2.24) is 0 Å². The highest BCUT2D eigenvalue weighted by molar-refractivity contribution is 4.99. The molecular formula is C16H30O2. The van der Waals surface area contributed by atoms with Gasteiger partial charge in [0.1, 0.15) is 0 Å². The summed E-state index contributed by atoms with van der Waals surface area (Å²) >= 11 is 0. The average molecular weight is 254 g/mol. The summed E-state index contributed by atoms with van der Waals surface area (Å²) in [6, 6.07) is 0. The molecule has 18 heavy (non-hydrogen) atoms. The lowest BCUT2D eigenvalue weighted by Gasteiger charge is -2.51. The van der Waals surface area contributed by atoms with E-state index < -0.39 is 0 Å². The van der Waals surface area contributed by atoms with Gasteiger partial charge in [-0.2, -0.15) is 0 Å². The Morgan fingerprint density at radius 2 is 1.83 bits per heavy atom. The number of ether oxygens (including phenoxy) is 1. The average Bonchev–Trinajstić information content (AvgIpc) is 2.28. The Morgan fingerprint density at radius 3 is 2.33 bits per heavy atom. The van der Waals surface area contributed by atoms with Gasteiger partial charge in [-0.05, 0) is 30.6 Å². The van der Waals surface area contributed by atoms with Crippen molar-refractivity contribution < 1.29 is 9.84 Å². The minimum absolute atomic E-state index is 0.0534. The largest absolute Gasteiger partial charge is 0.392 e. The molecule has 0 aromatic heterocycles. The molecule has 0 heterocycles. The quantitative estimate of drug-likeness (QED) is 0.833. The first-order chi connectivity index (χ1) is 8.32. The van der Waals surface area contributed by atoms with Gasteiger partial charge in [-0.1, -0.05) is 41.0 Å². The Hall–Kier alpha value is -0.0800. The van der Waals surface area contributed by atoms with Gasteiger partial charge in [0.2, 0.25) is 0 Å². The molecule has 2 rings (SSSR count). The summed E-state index contributed by atoms with van der Waals surface area (Å²) in [7, 11) is 0. The van der Waals surface area contributed by atoms with Gasteiger partial charge in [-0.25, -0.2) is 0 Å². The third-order valence-corrected chi connectivity index (χ3v) is 5.43. The zero-order valence-corrected chi connectivity index (χ0v) is 12.6. The zero-order chi connectivity index (χ0) is 13.5. The lowest BCUT2D eigenvalue weighted by atomic mass is 9.66. The van der Waals surface area contributed by atoms with E-state index in [-0.39, 0.29) is 17.6 Å². The van der Waals surface area contributed by atoms with E-state index in [2.05, 4.69) is 34.6 Å². The second-order valence-corrected chi connectivity index (χ2v) is 7.56. The van der Waals surface area contributed by atoms with E-state index in [1.807, 2.05) is 0 Å². The van der Waals surface area contributed by atoms with Crippen molar-refractivity contribution in [2.45, 2.75) is 78.6 Å². The smallest absolute Gasteiger partial charge is 0.0679 e. The molecule has 106 valence electrons. The summed E-state index contributed by atoms with van der Waals surface area (Å²) in [6.07, 6.45) is 5.16. The fraction of sp³-hybridized carbons (Fsp3) is 1.00. The lowest BCUT2D eigenvalue weighted by molar-refractivity contribution is -0.212. The van der Waals surface area contributed by atoms with Crippen LogP contribution in [0.15, 0.2) is 0 Å². The standard InChI is InChI=1S/C16H30O2/c1-10(2)12-7-6-11(3)8-13(12)18-15-9-14(17)16(15,4)5/h10-15,17H,6-9H2,1-5H3. The van der Waals surface area contributed by atoms with E-state index in [1.54, 1.807) is 0 Å². The van der Waals surface area contributed by atoms with E-state index in [0.29, 0.717) is 17.9 Å². The maximum absolute atomic E-state index is 9.82. The van der Waals surface area contributed by atoms with Crippen LogP contribution in [0, 0.1) is 23.2 Å². The van der Waals surface area contributed by atoms with E-state index >= 15 is 0 Å². The first-order valence-electron chi connectivity index (χ1n) is 7.66. The molecule has 0 saturated heterocycles. The molecule has 2 heteroatoms. The lowest BCUT2D eigenvalue weighted by Crippen LogP contribution is -2.56. The van der Waals surface area contributed by atoms with E-state index in [0.717, 1.165) is 12.3 Å². The Labute approximate surface area is 112 Å². The normalized spacial score (nSPS) is 43.8. The van der Waals surface area contributed by atoms with Crippen LogP contribution in [0.1, 0.15) is 60.3 Å². The van der Waals surface area contributed by atoms with Crippen molar-refractivity contribution >= 4 is 0 Å². The Morgan fingerprint density at radius 1 is 1.17 bits per heavy atom. The predicted molar refractivity (Wildman–Crippen MR) is 74.4 cm³/mol. The molecule has 0 radical (unpaired) electrons. The van der Waals surface area contributed by atoms with Gasteiger partial charge >= 0.3 is 0 Å². The molecule has 0 aromatic rings. The molecule has 2 fully saturated rings. The van der Waals surface area contributed by atoms with Crippen LogP contribution in [-0.2, 0) is 4.74 Å². The van der Waals surface area contributed by atoms with Crippen LogP contribution in [0.4, 0.5) is 0 Å². The summed E-state index contributed by atoms with van der Waals surface area (Å²) in [5, 5.41) is 9.82. The summed E-state index contributed by atoms with van der Waals surface area (Å²) < 4.78 is 6.40.